The Balaban J connectivity index is 2.65. The molecule has 4 N–H and O–H groups in total. The Morgan fingerprint density at radius 1 is 1.42 bits per heavy atom. The van der Waals surface area contributed by atoms with Gasteiger partial charge in [-0.2, -0.15) is 0 Å². The highest BCUT2D eigenvalue weighted by atomic mass is 32.2. The van der Waals surface area contributed by atoms with Crippen molar-refractivity contribution in [3.05, 3.63) is 17.8 Å². The van der Waals surface area contributed by atoms with Gasteiger partial charge in [-0.3, -0.25) is 0 Å². The lowest BCUT2D eigenvalue weighted by atomic mass is 10.3. The van der Waals surface area contributed by atoms with Crippen LogP contribution in [0, 0.1) is 0 Å². The molecule has 0 fully saturated rings. The average molecular weight is 288 g/mol. The molecule has 0 radical (unpaired) electrons. The van der Waals surface area contributed by atoms with Gasteiger partial charge in [0.1, 0.15) is 5.82 Å². The van der Waals surface area contributed by atoms with E-state index >= 15 is 0 Å². The van der Waals surface area contributed by atoms with Crippen LogP contribution in [0.15, 0.2) is 12.1 Å². The highest BCUT2D eigenvalue weighted by molar-refractivity contribution is 7.88. The highest BCUT2D eigenvalue weighted by Crippen LogP contribution is 2.15. The Morgan fingerprint density at radius 3 is 2.68 bits per heavy atom. The second-order valence-electron chi connectivity index (χ2n) is 3.72. The molecule has 1 aromatic rings. The molecule has 1 rings (SSSR count). The smallest absolute Gasteiger partial charge is 0.356 e. The van der Waals surface area contributed by atoms with E-state index in [1.165, 1.54) is 19.2 Å². The lowest BCUT2D eigenvalue weighted by molar-refractivity contribution is 0.0594. The molecule has 0 saturated heterocycles. The molecule has 0 aliphatic carbocycles. The van der Waals surface area contributed by atoms with Gasteiger partial charge in [0.05, 0.1) is 19.1 Å². The fourth-order valence-electron chi connectivity index (χ4n) is 1.25. The van der Waals surface area contributed by atoms with E-state index in [1.807, 2.05) is 0 Å². The summed E-state index contributed by atoms with van der Waals surface area (Å²) in [6.45, 7) is 0.470. The monoisotopic (exact) mass is 288 g/mol. The van der Waals surface area contributed by atoms with Crippen molar-refractivity contribution >= 4 is 27.5 Å². The zero-order valence-corrected chi connectivity index (χ0v) is 11.5. The van der Waals surface area contributed by atoms with Crippen molar-refractivity contribution in [2.45, 2.75) is 0 Å². The first-order valence-electron chi connectivity index (χ1n) is 5.37. The number of methoxy groups -OCH3 is 1. The SMILES string of the molecule is COC(=O)c1ccc(N)c(NCCNS(C)(=O)=O)n1. The first-order chi connectivity index (χ1) is 8.83. The van der Waals surface area contributed by atoms with Crippen LogP contribution in [0.25, 0.3) is 0 Å². The second-order valence-corrected chi connectivity index (χ2v) is 5.55. The summed E-state index contributed by atoms with van der Waals surface area (Å²) >= 11 is 0. The van der Waals surface area contributed by atoms with Gasteiger partial charge in [0, 0.05) is 13.1 Å². The minimum atomic E-state index is -3.23. The van der Waals surface area contributed by atoms with Crippen molar-refractivity contribution in [2.24, 2.45) is 0 Å². The molecule has 8 nitrogen and oxygen atoms in total. The van der Waals surface area contributed by atoms with Crippen LogP contribution in [0.2, 0.25) is 0 Å². The summed E-state index contributed by atoms with van der Waals surface area (Å²) in [5, 5.41) is 2.83. The predicted molar refractivity (Wildman–Crippen MR) is 71.3 cm³/mol. The molecule has 106 valence electrons. The number of carbonyl (C=O) groups excluding carboxylic acids is 1. The first kappa shape index (κ1) is 15.2. The van der Waals surface area contributed by atoms with Crippen LogP contribution in [-0.2, 0) is 14.8 Å². The van der Waals surface area contributed by atoms with Crippen LogP contribution in [0.4, 0.5) is 11.5 Å². The molecule has 0 aliphatic rings. The average Bonchev–Trinajstić information content (AvgIpc) is 2.34. The summed E-state index contributed by atoms with van der Waals surface area (Å²) in [6.07, 6.45) is 1.07. The number of anilines is 2. The second kappa shape index (κ2) is 6.34. The van der Waals surface area contributed by atoms with Gasteiger partial charge in [-0.25, -0.2) is 22.9 Å². The number of nitrogens with two attached hydrogens (primary N) is 1. The van der Waals surface area contributed by atoms with E-state index in [-0.39, 0.29) is 18.8 Å². The molecule has 0 spiro atoms. The standard InChI is InChI=1S/C10H16N4O4S/c1-18-10(15)8-4-3-7(11)9(14-8)12-5-6-13-19(2,16)17/h3-4,13H,5-6,11H2,1-2H3,(H,12,14). The maximum absolute atomic E-state index is 11.3. The van der Waals surface area contributed by atoms with Gasteiger partial charge in [-0.1, -0.05) is 0 Å². The molecule has 0 aliphatic heterocycles. The van der Waals surface area contributed by atoms with Crippen LogP contribution >= 0.6 is 0 Å². The molecular formula is C10H16N4O4S. The topological polar surface area (TPSA) is 123 Å². The molecule has 1 aromatic heterocycles. The van der Waals surface area contributed by atoms with Crippen molar-refractivity contribution in [3.63, 3.8) is 0 Å². The number of nitrogen functional groups attached to an aromatic ring is 1. The van der Waals surface area contributed by atoms with Crippen LogP contribution in [0.5, 0.6) is 0 Å². The number of ether oxygens (including phenoxy) is 1. The Labute approximate surface area is 111 Å². The number of aromatic nitrogens is 1. The summed E-state index contributed by atoms with van der Waals surface area (Å²) in [4.78, 5) is 15.3. The maximum Gasteiger partial charge on any atom is 0.356 e. The van der Waals surface area contributed by atoms with Crippen molar-refractivity contribution in [2.75, 3.05) is 37.5 Å². The molecular weight excluding hydrogens is 272 g/mol. The largest absolute Gasteiger partial charge is 0.464 e. The fraction of sp³-hybridized carbons (Fsp3) is 0.400. The number of sulfonamides is 1. The van der Waals surface area contributed by atoms with Gasteiger partial charge < -0.3 is 15.8 Å². The van der Waals surface area contributed by atoms with Crippen molar-refractivity contribution in [1.82, 2.24) is 9.71 Å². The molecule has 0 saturated carbocycles. The fourth-order valence-corrected chi connectivity index (χ4v) is 1.72. The molecule has 9 heteroatoms. The molecule has 0 unspecified atom stereocenters. The van der Waals surface area contributed by atoms with E-state index in [9.17, 15) is 13.2 Å². The van der Waals surface area contributed by atoms with Gasteiger partial charge >= 0.3 is 5.97 Å². The zero-order valence-electron chi connectivity index (χ0n) is 10.6. The molecule has 19 heavy (non-hydrogen) atoms. The number of hydrogen-bond acceptors (Lipinski definition) is 7. The zero-order chi connectivity index (χ0) is 14.5. The van der Waals surface area contributed by atoms with Crippen molar-refractivity contribution < 1.29 is 17.9 Å². The normalized spacial score (nSPS) is 11.1. The number of rotatable bonds is 6. The van der Waals surface area contributed by atoms with Crippen LogP contribution in [0.3, 0.4) is 0 Å². The highest BCUT2D eigenvalue weighted by Gasteiger charge is 2.10. The number of hydrogen-bond donors (Lipinski definition) is 3. The summed E-state index contributed by atoms with van der Waals surface area (Å²) in [5.74, 6) is -0.268. The van der Waals surface area contributed by atoms with Gasteiger partial charge in [-0.15, -0.1) is 0 Å². The summed E-state index contributed by atoms with van der Waals surface area (Å²) in [7, 11) is -1.98. The summed E-state index contributed by atoms with van der Waals surface area (Å²) < 4.78 is 28.6. The third kappa shape index (κ3) is 5.10. The number of pyridine rings is 1. The molecule has 0 atom stereocenters. The predicted octanol–water partition coefficient (Wildman–Crippen LogP) is -0.588. The Bertz CT molecular complexity index is 559. The quantitative estimate of drug-likeness (QED) is 0.472. The Hall–Kier alpha value is -1.87. The van der Waals surface area contributed by atoms with Crippen molar-refractivity contribution in [1.29, 1.82) is 0 Å². The summed E-state index contributed by atoms with van der Waals surface area (Å²) in [5.41, 5.74) is 6.16. The third-order valence-electron chi connectivity index (χ3n) is 2.10. The van der Waals surface area contributed by atoms with E-state index in [2.05, 4.69) is 19.8 Å². The lowest BCUT2D eigenvalue weighted by Crippen LogP contribution is -2.28. The van der Waals surface area contributed by atoms with Crippen LogP contribution in [-0.4, -0.2) is 45.8 Å². The summed E-state index contributed by atoms with van der Waals surface area (Å²) in [6, 6.07) is 2.96. The maximum atomic E-state index is 11.3. The Kier molecular flexibility index (Phi) is 5.07. The molecule has 0 amide bonds. The van der Waals surface area contributed by atoms with Crippen molar-refractivity contribution in [3.8, 4) is 0 Å². The van der Waals surface area contributed by atoms with E-state index in [4.69, 9.17) is 5.73 Å². The minimum absolute atomic E-state index is 0.121. The minimum Gasteiger partial charge on any atom is -0.464 e. The van der Waals surface area contributed by atoms with E-state index in [0.717, 1.165) is 6.26 Å². The molecule has 1 heterocycles. The van der Waals surface area contributed by atoms with Crippen LogP contribution in [0.1, 0.15) is 10.5 Å². The number of nitrogens with one attached hydrogen (secondary N) is 2. The van der Waals surface area contributed by atoms with Gasteiger partial charge in [0.15, 0.2) is 5.69 Å². The Morgan fingerprint density at radius 2 is 2.11 bits per heavy atom. The van der Waals surface area contributed by atoms with Crippen LogP contribution < -0.4 is 15.8 Å². The number of carbonyl (C=O) groups is 1. The van der Waals surface area contributed by atoms with E-state index in [1.54, 1.807) is 0 Å². The first-order valence-corrected chi connectivity index (χ1v) is 7.26. The number of esters is 1. The lowest BCUT2D eigenvalue weighted by Gasteiger charge is -2.09. The van der Waals surface area contributed by atoms with E-state index < -0.39 is 16.0 Å². The van der Waals surface area contributed by atoms with Gasteiger partial charge in [-0.05, 0) is 12.1 Å². The van der Waals surface area contributed by atoms with E-state index in [0.29, 0.717) is 11.5 Å². The van der Waals surface area contributed by atoms with Gasteiger partial charge in [0.2, 0.25) is 10.0 Å². The number of nitrogens with zero attached hydrogens (tertiary/aromatic N) is 1. The van der Waals surface area contributed by atoms with Gasteiger partial charge in [0.25, 0.3) is 0 Å². The molecule has 0 aromatic carbocycles. The third-order valence-corrected chi connectivity index (χ3v) is 2.83. The molecule has 0 bridgehead atoms.